The number of ether oxygens (including phenoxy) is 1. The molecule has 0 aliphatic heterocycles. The van der Waals surface area contributed by atoms with Crippen molar-refractivity contribution in [1.82, 2.24) is 14.8 Å². The molecule has 0 radical (unpaired) electrons. The lowest BCUT2D eigenvalue weighted by Gasteiger charge is -2.19. The fourth-order valence-corrected chi connectivity index (χ4v) is 0.862. The van der Waals surface area contributed by atoms with E-state index >= 15 is 0 Å². The van der Waals surface area contributed by atoms with Crippen molar-refractivity contribution in [3.05, 3.63) is 6.33 Å². The van der Waals surface area contributed by atoms with Gasteiger partial charge in [-0.1, -0.05) is 0 Å². The molecule has 2 N–H and O–H groups in total. The topological polar surface area (TPSA) is 66.0 Å². The third-order valence-corrected chi connectivity index (χ3v) is 1.41. The van der Waals surface area contributed by atoms with E-state index in [1.54, 1.807) is 11.0 Å². The molecular weight excluding hydrogens is 168 g/mol. The van der Waals surface area contributed by atoms with E-state index in [2.05, 4.69) is 10.1 Å². The summed E-state index contributed by atoms with van der Waals surface area (Å²) in [6.07, 6.45) is 1.60. The van der Waals surface area contributed by atoms with Gasteiger partial charge in [-0.2, -0.15) is 0 Å². The van der Waals surface area contributed by atoms with Gasteiger partial charge in [0.05, 0.1) is 18.8 Å². The summed E-state index contributed by atoms with van der Waals surface area (Å²) in [6.45, 7) is 7.35. The first-order chi connectivity index (χ1) is 5.97. The van der Waals surface area contributed by atoms with Gasteiger partial charge >= 0.3 is 0 Å². The molecule has 0 aliphatic carbocycles. The largest absolute Gasteiger partial charge is 0.374 e. The van der Waals surface area contributed by atoms with Crippen molar-refractivity contribution in [2.75, 3.05) is 12.3 Å². The number of rotatable bonds is 3. The van der Waals surface area contributed by atoms with Gasteiger partial charge < -0.3 is 10.5 Å². The van der Waals surface area contributed by atoms with Gasteiger partial charge in [-0.15, -0.1) is 5.10 Å². The Kier molecular flexibility index (Phi) is 2.87. The molecule has 13 heavy (non-hydrogen) atoms. The van der Waals surface area contributed by atoms with Gasteiger partial charge in [-0.25, -0.2) is 9.67 Å². The quantitative estimate of drug-likeness (QED) is 0.750. The third-order valence-electron chi connectivity index (χ3n) is 1.41. The molecule has 0 unspecified atom stereocenters. The van der Waals surface area contributed by atoms with E-state index in [0.717, 1.165) is 0 Å². The molecule has 0 aliphatic rings. The van der Waals surface area contributed by atoms with Crippen molar-refractivity contribution < 1.29 is 4.74 Å². The van der Waals surface area contributed by atoms with E-state index in [1.807, 2.05) is 20.8 Å². The van der Waals surface area contributed by atoms with Gasteiger partial charge in [0.2, 0.25) is 5.95 Å². The predicted molar refractivity (Wildman–Crippen MR) is 50.1 cm³/mol. The standard InChI is InChI=1S/C8H16N4O/c1-8(2,3)13-5-4-12-6-10-7(9)11-12/h6H,4-5H2,1-3H3,(H2,9,11). The molecule has 0 atom stereocenters. The first-order valence-corrected chi connectivity index (χ1v) is 4.26. The molecule has 74 valence electrons. The van der Waals surface area contributed by atoms with Crippen LogP contribution in [0.3, 0.4) is 0 Å². The summed E-state index contributed by atoms with van der Waals surface area (Å²) in [6, 6.07) is 0. The lowest BCUT2D eigenvalue weighted by atomic mass is 10.2. The van der Waals surface area contributed by atoms with E-state index in [-0.39, 0.29) is 5.60 Å². The van der Waals surface area contributed by atoms with Gasteiger partial charge in [0.25, 0.3) is 0 Å². The summed E-state index contributed by atoms with van der Waals surface area (Å²) in [5, 5.41) is 3.93. The second kappa shape index (κ2) is 3.74. The van der Waals surface area contributed by atoms with Crippen LogP contribution in [-0.2, 0) is 11.3 Å². The molecule has 0 bridgehead atoms. The molecule has 1 heterocycles. The van der Waals surface area contributed by atoms with E-state index in [4.69, 9.17) is 10.5 Å². The first kappa shape index (κ1) is 9.98. The summed E-state index contributed by atoms with van der Waals surface area (Å²) >= 11 is 0. The van der Waals surface area contributed by atoms with Crippen molar-refractivity contribution >= 4 is 5.95 Å². The summed E-state index contributed by atoms with van der Waals surface area (Å²) in [5.74, 6) is 0.302. The van der Waals surface area contributed by atoms with E-state index in [1.165, 1.54) is 0 Å². The highest BCUT2D eigenvalue weighted by Crippen LogP contribution is 2.06. The molecular formula is C8H16N4O. The highest BCUT2D eigenvalue weighted by Gasteiger charge is 2.09. The smallest absolute Gasteiger partial charge is 0.239 e. The maximum atomic E-state index is 5.51. The Balaban J connectivity index is 2.28. The Morgan fingerprint density at radius 3 is 2.69 bits per heavy atom. The number of nitrogens with two attached hydrogens (primary N) is 1. The predicted octanol–water partition coefficient (Wildman–Crippen LogP) is 0.675. The number of nitrogens with zero attached hydrogens (tertiary/aromatic N) is 3. The van der Waals surface area contributed by atoms with Crippen LogP contribution in [0.1, 0.15) is 20.8 Å². The Hall–Kier alpha value is -1.10. The summed E-state index contributed by atoms with van der Waals surface area (Å²) in [7, 11) is 0. The number of anilines is 1. The monoisotopic (exact) mass is 184 g/mol. The van der Waals surface area contributed by atoms with Crippen LogP contribution in [0.15, 0.2) is 6.33 Å². The number of hydrogen-bond acceptors (Lipinski definition) is 4. The fourth-order valence-electron chi connectivity index (χ4n) is 0.862. The minimum atomic E-state index is -0.105. The van der Waals surface area contributed by atoms with Crippen LogP contribution >= 0.6 is 0 Å². The molecule has 0 saturated carbocycles. The zero-order valence-corrected chi connectivity index (χ0v) is 8.32. The van der Waals surface area contributed by atoms with Crippen molar-refractivity contribution in [2.45, 2.75) is 32.9 Å². The van der Waals surface area contributed by atoms with Gasteiger partial charge in [0.1, 0.15) is 6.33 Å². The molecule has 0 aromatic carbocycles. The molecule has 0 spiro atoms. The summed E-state index contributed by atoms with van der Waals surface area (Å²) < 4.78 is 7.18. The van der Waals surface area contributed by atoms with E-state index in [0.29, 0.717) is 19.1 Å². The van der Waals surface area contributed by atoms with Crippen molar-refractivity contribution in [3.63, 3.8) is 0 Å². The van der Waals surface area contributed by atoms with Crippen molar-refractivity contribution in [1.29, 1.82) is 0 Å². The zero-order valence-electron chi connectivity index (χ0n) is 8.32. The molecule has 0 saturated heterocycles. The maximum absolute atomic E-state index is 5.51. The van der Waals surface area contributed by atoms with Crippen molar-refractivity contribution in [3.8, 4) is 0 Å². The van der Waals surface area contributed by atoms with Gasteiger partial charge in [-0.3, -0.25) is 0 Å². The summed E-state index contributed by atoms with van der Waals surface area (Å²) in [5.41, 5.74) is 5.25. The zero-order chi connectivity index (χ0) is 9.90. The second-order valence-electron chi connectivity index (χ2n) is 3.83. The number of hydrogen-bond donors (Lipinski definition) is 1. The molecule has 1 aromatic heterocycles. The minimum Gasteiger partial charge on any atom is -0.374 e. The van der Waals surface area contributed by atoms with Crippen LogP contribution < -0.4 is 5.73 Å². The van der Waals surface area contributed by atoms with Crippen molar-refractivity contribution in [2.24, 2.45) is 0 Å². The average molecular weight is 184 g/mol. The minimum absolute atomic E-state index is 0.105. The Morgan fingerprint density at radius 2 is 2.23 bits per heavy atom. The SMILES string of the molecule is CC(C)(C)OCCn1cnc(N)n1. The average Bonchev–Trinajstić information content (AvgIpc) is 2.33. The normalized spacial score (nSPS) is 11.9. The van der Waals surface area contributed by atoms with E-state index < -0.39 is 0 Å². The van der Waals surface area contributed by atoms with Crippen LogP contribution in [0.4, 0.5) is 5.95 Å². The molecule has 5 heteroatoms. The maximum Gasteiger partial charge on any atom is 0.239 e. The fraction of sp³-hybridized carbons (Fsp3) is 0.750. The second-order valence-corrected chi connectivity index (χ2v) is 3.83. The van der Waals surface area contributed by atoms with Crippen LogP contribution in [0.25, 0.3) is 0 Å². The molecule has 1 rings (SSSR count). The van der Waals surface area contributed by atoms with E-state index in [9.17, 15) is 0 Å². The lowest BCUT2D eigenvalue weighted by molar-refractivity contribution is -0.00790. The first-order valence-electron chi connectivity index (χ1n) is 4.26. The Bertz CT molecular complexity index is 263. The van der Waals surface area contributed by atoms with Gasteiger partial charge in [-0.05, 0) is 20.8 Å². The number of aromatic nitrogens is 3. The molecule has 1 aromatic rings. The molecule has 5 nitrogen and oxygen atoms in total. The van der Waals surface area contributed by atoms with Crippen LogP contribution in [0, 0.1) is 0 Å². The van der Waals surface area contributed by atoms with Crippen LogP contribution in [0.2, 0.25) is 0 Å². The Morgan fingerprint density at radius 1 is 1.54 bits per heavy atom. The third kappa shape index (κ3) is 3.89. The van der Waals surface area contributed by atoms with Gasteiger partial charge in [0, 0.05) is 0 Å². The van der Waals surface area contributed by atoms with Gasteiger partial charge in [0.15, 0.2) is 0 Å². The van der Waals surface area contributed by atoms with Crippen LogP contribution in [0.5, 0.6) is 0 Å². The van der Waals surface area contributed by atoms with Crippen LogP contribution in [-0.4, -0.2) is 27.0 Å². The molecule has 0 fully saturated rings. The summed E-state index contributed by atoms with van der Waals surface area (Å²) in [4.78, 5) is 3.81. The number of nitrogen functional groups attached to an aromatic ring is 1. The Labute approximate surface area is 77.9 Å². The highest BCUT2D eigenvalue weighted by molar-refractivity contribution is 5.09. The lowest BCUT2D eigenvalue weighted by Crippen LogP contribution is -2.22. The highest BCUT2D eigenvalue weighted by atomic mass is 16.5. The molecule has 0 amide bonds.